The van der Waals surface area contributed by atoms with Gasteiger partial charge in [0.1, 0.15) is 12.4 Å². The third kappa shape index (κ3) is 4.13. The second kappa shape index (κ2) is 6.52. The number of rotatable bonds is 6. The molecule has 1 atom stereocenters. The maximum Gasteiger partial charge on any atom is 0.119 e. The van der Waals surface area contributed by atoms with Gasteiger partial charge in [-0.05, 0) is 26.0 Å². The van der Waals surface area contributed by atoms with Crippen LogP contribution in [-0.4, -0.2) is 17.6 Å². The van der Waals surface area contributed by atoms with Crippen molar-refractivity contribution in [3.05, 3.63) is 46.4 Å². The molecule has 1 aromatic carbocycles. The maximum absolute atomic E-state index is 5.72. The minimum absolute atomic E-state index is 0.313. The van der Waals surface area contributed by atoms with Crippen LogP contribution in [0.15, 0.2) is 36.0 Å². The molecule has 1 N–H and O–H groups in total. The molecule has 3 nitrogen and oxygen atoms in total. The number of aromatic nitrogens is 1. The molecule has 0 saturated heterocycles. The van der Waals surface area contributed by atoms with Crippen LogP contribution in [-0.2, 0) is 6.54 Å². The zero-order chi connectivity index (χ0) is 12.8. The van der Waals surface area contributed by atoms with Crippen molar-refractivity contribution < 1.29 is 4.74 Å². The van der Waals surface area contributed by atoms with Crippen molar-refractivity contribution in [1.29, 1.82) is 0 Å². The summed E-state index contributed by atoms with van der Waals surface area (Å²) >= 11 is 1.67. The number of ether oxygens (including phenoxy) is 1. The molecule has 18 heavy (non-hydrogen) atoms. The third-order valence-corrected chi connectivity index (χ3v) is 3.41. The van der Waals surface area contributed by atoms with Crippen molar-refractivity contribution in [2.75, 3.05) is 6.61 Å². The van der Waals surface area contributed by atoms with E-state index in [9.17, 15) is 0 Å². The lowest BCUT2D eigenvalue weighted by Gasteiger charge is -2.14. The summed E-state index contributed by atoms with van der Waals surface area (Å²) < 4.78 is 5.72. The van der Waals surface area contributed by atoms with Gasteiger partial charge in [0.15, 0.2) is 0 Å². The Morgan fingerprint density at radius 2 is 2.11 bits per heavy atom. The first-order chi connectivity index (χ1) is 8.74. The van der Waals surface area contributed by atoms with E-state index in [-0.39, 0.29) is 0 Å². The van der Waals surface area contributed by atoms with Crippen LogP contribution >= 0.6 is 11.3 Å². The van der Waals surface area contributed by atoms with Crippen LogP contribution in [0.4, 0.5) is 0 Å². The number of thiazole rings is 1. The lowest BCUT2D eigenvalue weighted by Crippen LogP contribution is -2.31. The number of aryl methyl sites for hydroxylation is 1. The topological polar surface area (TPSA) is 34.1 Å². The van der Waals surface area contributed by atoms with Gasteiger partial charge in [-0.25, -0.2) is 0 Å². The summed E-state index contributed by atoms with van der Waals surface area (Å²) in [6.45, 7) is 5.71. The fourth-order valence-corrected chi connectivity index (χ4v) is 2.06. The molecule has 0 aliphatic rings. The van der Waals surface area contributed by atoms with Crippen molar-refractivity contribution in [1.82, 2.24) is 10.3 Å². The molecule has 1 heterocycles. The summed E-state index contributed by atoms with van der Waals surface area (Å²) in [4.78, 5) is 5.30. The van der Waals surface area contributed by atoms with Crippen molar-refractivity contribution in [3.8, 4) is 5.75 Å². The predicted molar refractivity (Wildman–Crippen MR) is 75.1 cm³/mol. The highest BCUT2D eigenvalue weighted by atomic mass is 32.1. The van der Waals surface area contributed by atoms with Crippen LogP contribution in [0.2, 0.25) is 0 Å². The van der Waals surface area contributed by atoms with Gasteiger partial charge in [-0.2, -0.15) is 0 Å². The molecule has 0 bridgehead atoms. The Balaban J connectivity index is 1.71. The molecule has 0 radical (unpaired) electrons. The van der Waals surface area contributed by atoms with Gasteiger partial charge < -0.3 is 10.1 Å². The Morgan fingerprint density at radius 1 is 1.33 bits per heavy atom. The van der Waals surface area contributed by atoms with Crippen molar-refractivity contribution >= 4 is 11.3 Å². The summed E-state index contributed by atoms with van der Waals surface area (Å²) in [5.41, 5.74) is 3.10. The molecule has 0 amide bonds. The van der Waals surface area contributed by atoms with Gasteiger partial charge in [0.25, 0.3) is 0 Å². The zero-order valence-electron chi connectivity index (χ0n) is 10.7. The molecule has 1 unspecified atom stereocenters. The second-order valence-corrected chi connectivity index (χ2v) is 5.34. The van der Waals surface area contributed by atoms with Crippen molar-refractivity contribution in [3.63, 3.8) is 0 Å². The summed E-state index contributed by atoms with van der Waals surface area (Å²) in [6, 6.07) is 8.44. The molecule has 4 heteroatoms. The zero-order valence-corrected chi connectivity index (χ0v) is 11.5. The molecule has 0 saturated carbocycles. The minimum Gasteiger partial charge on any atom is -0.492 e. The largest absolute Gasteiger partial charge is 0.492 e. The van der Waals surface area contributed by atoms with Gasteiger partial charge in [-0.1, -0.05) is 17.7 Å². The molecule has 0 aliphatic heterocycles. The van der Waals surface area contributed by atoms with Crippen LogP contribution < -0.4 is 10.1 Å². The van der Waals surface area contributed by atoms with E-state index < -0.39 is 0 Å². The Kier molecular flexibility index (Phi) is 4.73. The van der Waals surface area contributed by atoms with Gasteiger partial charge in [0.05, 0.1) is 5.51 Å². The van der Waals surface area contributed by atoms with E-state index in [1.807, 2.05) is 23.8 Å². The van der Waals surface area contributed by atoms with Crippen molar-refractivity contribution in [2.24, 2.45) is 0 Å². The van der Waals surface area contributed by atoms with Gasteiger partial charge in [0, 0.05) is 23.7 Å². The molecular formula is C14H18N2OS. The fourth-order valence-electron chi connectivity index (χ4n) is 1.52. The van der Waals surface area contributed by atoms with E-state index in [1.54, 1.807) is 11.3 Å². The maximum atomic E-state index is 5.72. The standard InChI is InChI=1S/C14H18N2OS/c1-11-3-5-13(6-4-11)17-9-12(2)16-8-14-7-15-10-18-14/h3-7,10,12,16H,8-9H2,1-2H3. The summed E-state index contributed by atoms with van der Waals surface area (Å²) in [7, 11) is 0. The smallest absolute Gasteiger partial charge is 0.119 e. The normalized spacial score (nSPS) is 12.3. The summed E-state index contributed by atoms with van der Waals surface area (Å²) in [5.74, 6) is 0.923. The second-order valence-electron chi connectivity index (χ2n) is 4.37. The summed E-state index contributed by atoms with van der Waals surface area (Å²) in [5, 5.41) is 3.41. The van der Waals surface area contributed by atoms with E-state index in [0.29, 0.717) is 12.6 Å². The Morgan fingerprint density at radius 3 is 2.78 bits per heavy atom. The van der Waals surface area contributed by atoms with Crippen LogP contribution in [0, 0.1) is 6.92 Å². The molecule has 0 aliphatic carbocycles. The van der Waals surface area contributed by atoms with E-state index in [2.05, 4.69) is 36.3 Å². The monoisotopic (exact) mass is 262 g/mol. The SMILES string of the molecule is Cc1ccc(OCC(C)NCc2cncs2)cc1. The Labute approximate surface area is 112 Å². The average Bonchev–Trinajstić information content (AvgIpc) is 2.89. The quantitative estimate of drug-likeness (QED) is 0.869. The van der Waals surface area contributed by atoms with Crippen LogP contribution in [0.3, 0.4) is 0 Å². The van der Waals surface area contributed by atoms with Crippen LogP contribution in [0.1, 0.15) is 17.4 Å². The molecule has 1 aromatic heterocycles. The molecule has 2 rings (SSSR count). The minimum atomic E-state index is 0.313. The van der Waals surface area contributed by atoms with E-state index in [1.165, 1.54) is 10.4 Å². The van der Waals surface area contributed by atoms with E-state index >= 15 is 0 Å². The molecule has 0 spiro atoms. The number of hydrogen-bond donors (Lipinski definition) is 1. The Bertz CT molecular complexity index is 453. The van der Waals surface area contributed by atoms with Crippen LogP contribution in [0.25, 0.3) is 0 Å². The summed E-state index contributed by atoms with van der Waals surface area (Å²) in [6.07, 6.45) is 1.89. The first kappa shape index (κ1) is 13.1. The van der Waals surface area contributed by atoms with Crippen molar-refractivity contribution in [2.45, 2.75) is 26.4 Å². The van der Waals surface area contributed by atoms with E-state index in [4.69, 9.17) is 4.74 Å². The first-order valence-corrected chi connectivity index (χ1v) is 6.92. The molecular weight excluding hydrogens is 244 g/mol. The number of benzene rings is 1. The highest BCUT2D eigenvalue weighted by Gasteiger charge is 2.03. The van der Waals surface area contributed by atoms with Gasteiger partial charge in [-0.15, -0.1) is 11.3 Å². The van der Waals surface area contributed by atoms with Gasteiger partial charge in [-0.3, -0.25) is 4.98 Å². The number of nitrogens with one attached hydrogen (secondary N) is 1. The number of nitrogens with zero attached hydrogens (tertiary/aromatic N) is 1. The molecule has 96 valence electrons. The fraction of sp³-hybridized carbons (Fsp3) is 0.357. The highest BCUT2D eigenvalue weighted by molar-refractivity contribution is 7.09. The molecule has 0 fully saturated rings. The first-order valence-electron chi connectivity index (χ1n) is 6.04. The Hall–Kier alpha value is -1.39. The lowest BCUT2D eigenvalue weighted by molar-refractivity contribution is 0.273. The predicted octanol–water partition coefficient (Wildman–Crippen LogP) is 3.01. The van der Waals surface area contributed by atoms with Crippen LogP contribution in [0.5, 0.6) is 5.75 Å². The molecule has 2 aromatic rings. The van der Waals surface area contributed by atoms with Gasteiger partial charge in [0.2, 0.25) is 0 Å². The number of hydrogen-bond acceptors (Lipinski definition) is 4. The average molecular weight is 262 g/mol. The third-order valence-electron chi connectivity index (χ3n) is 2.63. The highest BCUT2D eigenvalue weighted by Crippen LogP contribution is 2.11. The van der Waals surface area contributed by atoms with E-state index in [0.717, 1.165) is 12.3 Å². The van der Waals surface area contributed by atoms with Gasteiger partial charge >= 0.3 is 0 Å². The lowest BCUT2D eigenvalue weighted by atomic mass is 10.2.